The number of hydrogen-bond donors (Lipinski definition) is 1. The highest BCUT2D eigenvalue weighted by Crippen LogP contribution is 2.31. The lowest BCUT2D eigenvalue weighted by Gasteiger charge is -2.38. The lowest BCUT2D eigenvalue weighted by atomic mass is 9.83. The Bertz CT molecular complexity index is 379. The molecule has 5 heteroatoms. The van der Waals surface area contributed by atoms with E-state index in [0.717, 1.165) is 36.9 Å². The molecule has 1 aromatic heterocycles. The standard InChI is InChI=1S/C14H26N4S/c1-3-7-13-16-14(19-17-13)18(4-2)12-9-6-5-8-11(12)10-15/h11-12H,3-10,15H2,1-2H3. The fourth-order valence-electron chi connectivity index (χ4n) is 3.07. The van der Waals surface area contributed by atoms with Crippen molar-refractivity contribution in [2.75, 3.05) is 18.0 Å². The van der Waals surface area contributed by atoms with Crippen molar-refractivity contribution in [3.63, 3.8) is 0 Å². The van der Waals surface area contributed by atoms with Crippen LogP contribution in [-0.2, 0) is 6.42 Å². The first-order chi connectivity index (χ1) is 9.30. The summed E-state index contributed by atoms with van der Waals surface area (Å²) in [5.74, 6) is 1.62. The third-order valence-electron chi connectivity index (χ3n) is 4.09. The molecule has 1 saturated carbocycles. The van der Waals surface area contributed by atoms with Crippen LogP contribution in [0.4, 0.5) is 5.13 Å². The second-order valence-corrected chi connectivity index (χ2v) is 6.11. The van der Waals surface area contributed by atoms with Gasteiger partial charge in [0.1, 0.15) is 5.82 Å². The fraction of sp³-hybridized carbons (Fsp3) is 0.857. The van der Waals surface area contributed by atoms with E-state index in [1.807, 2.05) is 0 Å². The Labute approximate surface area is 120 Å². The SMILES string of the molecule is CCCc1nsc(N(CC)C2CCCCC2CN)n1. The third kappa shape index (κ3) is 3.45. The first-order valence-corrected chi connectivity index (χ1v) is 8.36. The van der Waals surface area contributed by atoms with E-state index < -0.39 is 0 Å². The third-order valence-corrected chi connectivity index (χ3v) is 4.88. The number of anilines is 1. The summed E-state index contributed by atoms with van der Waals surface area (Å²) in [4.78, 5) is 7.15. The molecule has 4 nitrogen and oxygen atoms in total. The van der Waals surface area contributed by atoms with Crippen LogP contribution >= 0.6 is 11.5 Å². The van der Waals surface area contributed by atoms with Gasteiger partial charge in [0.25, 0.3) is 0 Å². The molecule has 0 radical (unpaired) electrons. The van der Waals surface area contributed by atoms with Gasteiger partial charge in [-0.25, -0.2) is 4.98 Å². The van der Waals surface area contributed by atoms with Gasteiger partial charge in [0.2, 0.25) is 5.13 Å². The minimum atomic E-state index is 0.561. The van der Waals surface area contributed by atoms with Gasteiger partial charge < -0.3 is 10.6 Å². The molecule has 2 atom stereocenters. The summed E-state index contributed by atoms with van der Waals surface area (Å²) in [6, 6.07) is 0.561. The summed E-state index contributed by atoms with van der Waals surface area (Å²) in [6.07, 6.45) is 7.25. The molecule has 1 aromatic rings. The minimum absolute atomic E-state index is 0.561. The van der Waals surface area contributed by atoms with Crippen LogP contribution in [0.1, 0.15) is 51.8 Å². The topological polar surface area (TPSA) is 55.0 Å². The zero-order valence-corrected chi connectivity index (χ0v) is 13.0. The smallest absolute Gasteiger partial charge is 0.205 e. The van der Waals surface area contributed by atoms with Crippen LogP contribution < -0.4 is 10.6 Å². The molecule has 1 fully saturated rings. The molecule has 1 aliphatic carbocycles. The number of nitrogens with zero attached hydrogens (tertiary/aromatic N) is 3. The summed E-state index contributed by atoms with van der Waals surface area (Å²) in [5, 5.41) is 1.09. The van der Waals surface area contributed by atoms with Crippen LogP contribution in [0.25, 0.3) is 0 Å². The Hall–Kier alpha value is -0.680. The summed E-state index contributed by atoms with van der Waals surface area (Å²) >= 11 is 1.55. The Balaban J connectivity index is 2.12. The van der Waals surface area contributed by atoms with Crippen molar-refractivity contribution in [2.45, 2.75) is 58.4 Å². The first kappa shape index (κ1) is 14.7. The Morgan fingerprint density at radius 1 is 1.32 bits per heavy atom. The van der Waals surface area contributed by atoms with Gasteiger partial charge in [-0.2, -0.15) is 4.37 Å². The van der Waals surface area contributed by atoms with E-state index in [1.54, 1.807) is 11.5 Å². The summed E-state index contributed by atoms with van der Waals surface area (Å²) in [5.41, 5.74) is 5.96. The number of rotatable bonds is 6. The van der Waals surface area contributed by atoms with Crippen molar-refractivity contribution in [2.24, 2.45) is 11.7 Å². The predicted molar refractivity (Wildman–Crippen MR) is 81.7 cm³/mol. The van der Waals surface area contributed by atoms with Crippen LogP contribution in [0, 0.1) is 5.92 Å². The van der Waals surface area contributed by atoms with E-state index in [1.165, 1.54) is 25.7 Å². The van der Waals surface area contributed by atoms with Crippen molar-refractivity contribution in [3.05, 3.63) is 5.82 Å². The van der Waals surface area contributed by atoms with Gasteiger partial charge in [-0.3, -0.25) is 0 Å². The average molecular weight is 282 g/mol. The maximum Gasteiger partial charge on any atom is 0.205 e. The molecular weight excluding hydrogens is 256 g/mol. The van der Waals surface area contributed by atoms with Crippen LogP contribution in [0.5, 0.6) is 0 Å². The highest BCUT2D eigenvalue weighted by atomic mass is 32.1. The van der Waals surface area contributed by atoms with E-state index in [-0.39, 0.29) is 0 Å². The lowest BCUT2D eigenvalue weighted by molar-refractivity contribution is 0.300. The largest absolute Gasteiger partial charge is 0.344 e. The molecule has 19 heavy (non-hydrogen) atoms. The van der Waals surface area contributed by atoms with Crippen LogP contribution in [0.2, 0.25) is 0 Å². The Kier molecular flexibility index (Phi) is 5.58. The van der Waals surface area contributed by atoms with Gasteiger partial charge in [0.05, 0.1) is 0 Å². The highest BCUT2D eigenvalue weighted by molar-refractivity contribution is 7.09. The minimum Gasteiger partial charge on any atom is -0.344 e. The predicted octanol–water partition coefficient (Wildman–Crippen LogP) is 2.83. The zero-order valence-electron chi connectivity index (χ0n) is 12.1. The maximum atomic E-state index is 5.96. The van der Waals surface area contributed by atoms with Crippen LogP contribution in [-0.4, -0.2) is 28.5 Å². The van der Waals surface area contributed by atoms with Gasteiger partial charge in [-0.05, 0) is 38.6 Å². The Morgan fingerprint density at radius 2 is 2.11 bits per heavy atom. The van der Waals surface area contributed by atoms with Gasteiger partial charge in [0, 0.05) is 30.5 Å². The molecule has 0 aromatic carbocycles. The zero-order chi connectivity index (χ0) is 13.7. The molecule has 2 rings (SSSR count). The van der Waals surface area contributed by atoms with Gasteiger partial charge in [0.15, 0.2) is 0 Å². The summed E-state index contributed by atoms with van der Waals surface area (Å²) in [6.45, 7) is 6.18. The molecule has 1 heterocycles. The van der Waals surface area contributed by atoms with E-state index >= 15 is 0 Å². The second kappa shape index (κ2) is 7.20. The van der Waals surface area contributed by atoms with E-state index in [4.69, 9.17) is 10.7 Å². The quantitative estimate of drug-likeness (QED) is 0.871. The number of hydrogen-bond acceptors (Lipinski definition) is 5. The van der Waals surface area contributed by atoms with E-state index in [9.17, 15) is 0 Å². The van der Waals surface area contributed by atoms with E-state index in [2.05, 4.69) is 23.1 Å². The molecule has 0 saturated heterocycles. The number of nitrogens with two attached hydrogens (primary N) is 1. The molecule has 2 N–H and O–H groups in total. The Morgan fingerprint density at radius 3 is 2.79 bits per heavy atom. The fourth-order valence-corrected chi connectivity index (χ4v) is 3.91. The number of aryl methyl sites for hydroxylation is 1. The molecule has 108 valence electrons. The molecule has 0 bridgehead atoms. The van der Waals surface area contributed by atoms with Gasteiger partial charge in [-0.1, -0.05) is 19.8 Å². The molecular formula is C14H26N4S. The van der Waals surface area contributed by atoms with Crippen molar-refractivity contribution in [3.8, 4) is 0 Å². The molecule has 0 aliphatic heterocycles. The second-order valence-electron chi connectivity index (χ2n) is 5.38. The lowest BCUT2D eigenvalue weighted by Crippen LogP contribution is -2.45. The molecule has 0 spiro atoms. The molecule has 1 aliphatic rings. The monoisotopic (exact) mass is 282 g/mol. The van der Waals surface area contributed by atoms with Crippen LogP contribution in [0.15, 0.2) is 0 Å². The van der Waals surface area contributed by atoms with Gasteiger partial charge in [-0.15, -0.1) is 0 Å². The average Bonchev–Trinajstić information content (AvgIpc) is 2.89. The van der Waals surface area contributed by atoms with Gasteiger partial charge >= 0.3 is 0 Å². The van der Waals surface area contributed by atoms with Crippen molar-refractivity contribution in [1.82, 2.24) is 9.36 Å². The normalized spacial score (nSPS) is 23.5. The molecule has 2 unspecified atom stereocenters. The maximum absolute atomic E-state index is 5.96. The summed E-state index contributed by atoms with van der Waals surface area (Å²) in [7, 11) is 0. The van der Waals surface area contributed by atoms with Crippen molar-refractivity contribution >= 4 is 16.7 Å². The molecule has 0 amide bonds. The van der Waals surface area contributed by atoms with E-state index in [0.29, 0.717) is 12.0 Å². The first-order valence-electron chi connectivity index (χ1n) is 7.59. The van der Waals surface area contributed by atoms with Crippen LogP contribution in [0.3, 0.4) is 0 Å². The van der Waals surface area contributed by atoms with Crippen molar-refractivity contribution in [1.29, 1.82) is 0 Å². The number of aromatic nitrogens is 2. The highest BCUT2D eigenvalue weighted by Gasteiger charge is 2.30. The van der Waals surface area contributed by atoms with Crippen molar-refractivity contribution < 1.29 is 0 Å². The summed E-state index contributed by atoms with van der Waals surface area (Å²) < 4.78 is 4.48.